The molecule has 116 valence electrons. The van der Waals surface area contributed by atoms with Crippen LogP contribution >= 0.6 is 35.0 Å². The molecule has 0 amide bonds. The molecule has 0 heterocycles. The van der Waals surface area contributed by atoms with E-state index in [2.05, 4.69) is 0 Å². The second-order valence-corrected chi connectivity index (χ2v) is 6.39. The minimum absolute atomic E-state index is 0.208. The second kappa shape index (κ2) is 7.89. The Kier molecular flexibility index (Phi) is 6.80. The molecular weight excluding hydrogens is 339 g/mol. The number of carboxylic acid groups (broad SMARTS) is 2. The van der Waals surface area contributed by atoms with Gasteiger partial charge in [0.05, 0.1) is 6.42 Å². The van der Waals surface area contributed by atoms with Gasteiger partial charge in [-0.1, -0.05) is 29.3 Å². The van der Waals surface area contributed by atoms with Crippen molar-refractivity contribution in [3.63, 3.8) is 0 Å². The Bertz CT molecular complexity index is 537. The molecule has 0 radical (unpaired) electrons. The van der Waals surface area contributed by atoms with Gasteiger partial charge in [0.2, 0.25) is 0 Å². The van der Waals surface area contributed by atoms with Crippen LogP contribution in [0.2, 0.25) is 10.0 Å². The molecule has 5 nitrogen and oxygen atoms in total. The van der Waals surface area contributed by atoms with Crippen LogP contribution in [0.25, 0.3) is 0 Å². The molecule has 0 saturated carbocycles. The molecule has 0 spiro atoms. The molecule has 1 aromatic rings. The van der Waals surface area contributed by atoms with E-state index >= 15 is 0 Å². The number of hydrogen-bond acceptors (Lipinski definition) is 4. The first-order chi connectivity index (χ1) is 9.74. The van der Waals surface area contributed by atoms with Crippen LogP contribution in [0.4, 0.5) is 0 Å². The van der Waals surface area contributed by atoms with Gasteiger partial charge in [-0.15, -0.1) is 0 Å². The van der Waals surface area contributed by atoms with Crippen LogP contribution in [-0.4, -0.2) is 44.4 Å². The van der Waals surface area contributed by atoms with Crippen LogP contribution < -0.4 is 0 Å². The molecule has 1 aromatic carbocycles. The van der Waals surface area contributed by atoms with Gasteiger partial charge < -0.3 is 15.3 Å². The SMILES string of the molecule is O=C(O)C[C@@](O)(CSCCc1ccc(Cl)cc1Cl)C(=O)O. The number of aryl methyl sites for hydroxylation is 1. The molecule has 0 unspecified atom stereocenters. The summed E-state index contributed by atoms with van der Waals surface area (Å²) in [4.78, 5) is 21.5. The highest BCUT2D eigenvalue weighted by atomic mass is 35.5. The third-order valence-corrected chi connectivity index (χ3v) is 4.47. The van der Waals surface area contributed by atoms with Crippen molar-refractivity contribution in [2.75, 3.05) is 11.5 Å². The highest BCUT2D eigenvalue weighted by molar-refractivity contribution is 7.99. The van der Waals surface area contributed by atoms with Crippen molar-refractivity contribution >= 4 is 46.9 Å². The fourth-order valence-corrected chi connectivity index (χ4v) is 3.16. The van der Waals surface area contributed by atoms with E-state index < -0.39 is 24.0 Å². The summed E-state index contributed by atoms with van der Waals surface area (Å²) in [6, 6.07) is 5.08. The van der Waals surface area contributed by atoms with Gasteiger partial charge in [0.25, 0.3) is 0 Å². The van der Waals surface area contributed by atoms with Crippen molar-refractivity contribution in [2.45, 2.75) is 18.4 Å². The third-order valence-electron chi connectivity index (χ3n) is 2.71. The molecular formula is C13H14Cl2O5S. The summed E-state index contributed by atoms with van der Waals surface area (Å²) in [7, 11) is 0. The van der Waals surface area contributed by atoms with Crippen molar-refractivity contribution in [3.05, 3.63) is 33.8 Å². The summed E-state index contributed by atoms with van der Waals surface area (Å²) < 4.78 is 0. The number of rotatable bonds is 8. The van der Waals surface area contributed by atoms with Crippen molar-refractivity contribution in [3.8, 4) is 0 Å². The Morgan fingerprint density at radius 1 is 1.24 bits per heavy atom. The Balaban J connectivity index is 2.51. The Morgan fingerprint density at radius 2 is 1.90 bits per heavy atom. The molecule has 0 aliphatic carbocycles. The normalized spacial score (nSPS) is 13.7. The Labute approximate surface area is 135 Å². The van der Waals surface area contributed by atoms with Gasteiger partial charge in [-0.3, -0.25) is 4.79 Å². The van der Waals surface area contributed by atoms with Gasteiger partial charge in [-0.25, -0.2) is 4.79 Å². The van der Waals surface area contributed by atoms with E-state index in [1.165, 1.54) is 0 Å². The first-order valence-electron chi connectivity index (χ1n) is 5.94. The largest absolute Gasteiger partial charge is 0.481 e. The van der Waals surface area contributed by atoms with E-state index in [0.717, 1.165) is 17.3 Å². The molecule has 0 aromatic heterocycles. The fraction of sp³-hybridized carbons (Fsp3) is 0.385. The quantitative estimate of drug-likeness (QED) is 0.622. The van der Waals surface area contributed by atoms with Gasteiger partial charge in [0.15, 0.2) is 5.60 Å². The fourth-order valence-electron chi connectivity index (χ4n) is 1.59. The molecule has 3 N–H and O–H groups in total. The Hall–Kier alpha value is -0.950. The van der Waals surface area contributed by atoms with Crippen molar-refractivity contribution in [1.82, 2.24) is 0 Å². The van der Waals surface area contributed by atoms with Gasteiger partial charge in [-0.05, 0) is 29.9 Å². The van der Waals surface area contributed by atoms with Crippen LogP contribution in [-0.2, 0) is 16.0 Å². The van der Waals surface area contributed by atoms with Crippen LogP contribution in [0.1, 0.15) is 12.0 Å². The summed E-state index contributed by atoms with van der Waals surface area (Å²) in [5.41, 5.74) is -1.41. The lowest BCUT2D eigenvalue weighted by molar-refractivity contribution is -0.162. The smallest absolute Gasteiger partial charge is 0.337 e. The molecule has 1 rings (SSSR count). The maximum Gasteiger partial charge on any atom is 0.337 e. The van der Waals surface area contributed by atoms with E-state index in [4.69, 9.17) is 33.4 Å². The van der Waals surface area contributed by atoms with E-state index in [-0.39, 0.29) is 5.75 Å². The molecule has 0 bridgehead atoms. The number of carboxylic acids is 2. The number of benzene rings is 1. The number of thioether (sulfide) groups is 1. The molecule has 0 aliphatic rings. The van der Waals surface area contributed by atoms with Crippen LogP contribution in [0.15, 0.2) is 18.2 Å². The summed E-state index contributed by atoms with van der Waals surface area (Å²) in [6.07, 6.45) is -0.277. The number of aliphatic hydroxyl groups is 1. The van der Waals surface area contributed by atoms with Crippen LogP contribution in [0.3, 0.4) is 0 Å². The topological polar surface area (TPSA) is 94.8 Å². The molecule has 0 saturated heterocycles. The van der Waals surface area contributed by atoms with E-state index in [9.17, 15) is 14.7 Å². The zero-order chi connectivity index (χ0) is 16.0. The van der Waals surface area contributed by atoms with Crippen molar-refractivity contribution < 1.29 is 24.9 Å². The predicted molar refractivity (Wildman–Crippen MR) is 82.3 cm³/mol. The van der Waals surface area contributed by atoms with E-state index in [1.54, 1.807) is 18.2 Å². The maximum atomic E-state index is 11.0. The number of aliphatic carboxylic acids is 2. The summed E-state index contributed by atoms with van der Waals surface area (Å²) in [5, 5.41) is 28.4. The van der Waals surface area contributed by atoms with Crippen molar-refractivity contribution in [1.29, 1.82) is 0 Å². The number of carbonyl (C=O) groups is 2. The minimum atomic E-state index is -2.26. The molecule has 21 heavy (non-hydrogen) atoms. The standard InChI is InChI=1S/C13H14Cl2O5S/c14-9-2-1-8(10(15)5-9)3-4-21-7-13(20,12(18)19)6-11(16)17/h1-2,5,20H,3-4,6-7H2,(H,16,17)(H,18,19)/t13-/m1/s1. The van der Waals surface area contributed by atoms with Gasteiger partial charge in [0.1, 0.15) is 0 Å². The highest BCUT2D eigenvalue weighted by Gasteiger charge is 2.38. The average molecular weight is 353 g/mol. The van der Waals surface area contributed by atoms with Gasteiger partial charge in [-0.2, -0.15) is 11.8 Å². The minimum Gasteiger partial charge on any atom is -0.481 e. The van der Waals surface area contributed by atoms with E-state index in [0.29, 0.717) is 22.2 Å². The lowest BCUT2D eigenvalue weighted by atomic mass is 10.0. The molecule has 8 heteroatoms. The number of hydrogen-bond donors (Lipinski definition) is 3. The average Bonchev–Trinajstić information content (AvgIpc) is 2.35. The summed E-state index contributed by atoms with van der Waals surface area (Å²) >= 11 is 12.9. The Morgan fingerprint density at radius 3 is 2.43 bits per heavy atom. The van der Waals surface area contributed by atoms with Crippen molar-refractivity contribution in [2.24, 2.45) is 0 Å². The number of halogens is 2. The molecule has 1 atom stereocenters. The summed E-state index contributed by atoms with van der Waals surface area (Å²) in [5.74, 6) is -2.61. The molecule has 0 aliphatic heterocycles. The zero-order valence-corrected chi connectivity index (χ0v) is 13.2. The zero-order valence-electron chi connectivity index (χ0n) is 10.9. The van der Waals surface area contributed by atoms with Crippen LogP contribution in [0, 0.1) is 0 Å². The summed E-state index contributed by atoms with van der Waals surface area (Å²) in [6.45, 7) is 0. The lowest BCUT2D eigenvalue weighted by Crippen LogP contribution is -2.43. The first-order valence-corrected chi connectivity index (χ1v) is 7.85. The van der Waals surface area contributed by atoms with Gasteiger partial charge >= 0.3 is 11.9 Å². The first kappa shape index (κ1) is 18.1. The maximum absolute atomic E-state index is 11.0. The van der Waals surface area contributed by atoms with Crippen LogP contribution in [0.5, 0.6) is 0 Å². The molecule has 0 fully saturated rings. The monoisotopic (exact) mass is 352 g/mol. The van der Waals surface area contributed by atoms with Gasteiger partial charge in [0, 0.05) is 15.8 Å². The lowest BCUT2D eigenvalue weighted by Gasteiger charge is -2.20. The second-order valence-electron chi connectivity index (χ2n) is 4.45. The van der Waals surface area contributed by atoms with E-state index in [1.807, 2.05) is 0 Å². The third kappa shape index (κ3) is 5.74. The highest BCUT2D eigenvalue weighted by Crippen LogP contribution is 2.24. The predicted octanol–water partition coefficient (Wildman–Crippen LogP) is 2.56.